The van der Waals surface area contributed by atoms with Gasteiger partial charge in [-0.15, -0.1) is 0 Å². The zero-order valence-corrected chi connectivity index (χ0v) is 15.9. The van der Waals surface area contributed by atoms with Crippen molar-refractivity contribution < 1.29 is 17.9 Å². The van der Waals surface area contributed by atoms with Gasteiger partial charge in [0.2, 0.25) is 5.95 Å². The molecule has 0 radical (unpaired) electrons. The van der Waals surface area contributed by atoms with Crippen molar-refractivity contribution in [2.24, 2.45) is 0 Å². The molecule has 0 bridgehead atoms. The van der Waals surface area contributed by atoms with Crippen molar-refractivity contribution in [3.8, 4) is 0 Å². The molecule has 1 aromatic carbocycles. The third-order valence-electron chi connectivity index (χ3n) is 4.40. The number of hydrogen-bond acceptors (Lipinski definition) is 6. The normalized spacial score (nSPS) is 15.7. The summed E-state index contributed by atoms with van der Waals surface area (Å²) in [5, 5.41) is 3.05. The molecular weight excluding hydrogens is 377 g/mol. The molecule has 1 aliphatic rings. The SMILES string of the molecule is CNSc1ccc(Nc2ncc(C(F)(F)F)c(C3CCOCC3)n2)c(C)c1. The van der Waals surface area contributed by atoms with E-state index >= 15 is 0 Å². The summed E-state index contributed by atoms with van der Waals surface area (Å²) in [4.78, 5) is 9.19. The Labute approximate surface area is 160 Å². The summed E-state index contributed by atoms with van der Waals surface area (Å²) >= 11 is 1.48. The first-order valence-corrected chi connectivity index (χ1v) is 9.43. The van der Waals surface area contributed by atoms with E-state index < -0.39 is 11.7 Å². The predicted octanol–water partition coefficient (Wildman–Crippen LogP) is 4.67. The van der Waals surface area contributed by atoms with Gasteiger partial charge in [0.15, 0.2) is 0 Å². The fourth-order valence-electron chi connectivity index (χ4n) is 3.03. The number of aromatic nitrogens is 2. The van der Waals surface area contributed by atoms with Gasteiger partial charge in [0.1, 0.15) is 0 Å². The average Bonchev–Trinajstić information content (AvgIpc) is 2.64. The predicted molar refractivity (Wildman–Crippen MR) is 99.2 cm³/mol. The highest BCUT2D eigenvalue weighted by Gasteiger charge is 2.37. The molecule has 9 heteroatoms. The zero-order chi connectivity index (χ0) is 19.4. The van der Waals surface area contributed by atoms with Crippen molar-refractivity contribution in [1.29, 1.82) is 0 Å². The van der Waals surface area contributed by atoms with Gasteiger partial charge >= 0.3 is 6.18 Å². The molecule has 2 heterocycles. The summed E-state index contributed by atoms with van der Waals surface area (Å²) in [6.45, 7) is 2.81. The van der Waals surface area contributed by atoms with E-state index in [9.17, 15) is 13.2 Å². The molecule has 2 N–H and O–H groups in total. The maximum atomic E-state index is 13.4. The number of benzene rings is 1. The summed E-state index contributed by atoms with van der Waals surface area (Å²) < 4.78 is 48.5. The van der Waals surface area contributed by atoms with Crippen molar-refractivity contribution in [3.05, 3.63) is 41.2 Å². The van der Waals surface area contributed by atoms with Gasteiger partial charge in [-0.1, -0.05) is 0 Å². The van der Waals surface area contributed by atoms with Crippen LogP contribution in [0, 0.1) is 6.92 Å². The van der Waals surface area contributed by atoms with Crippen molar-refractivity contribution in [3.63, 3.8) is 0 Å². The van der Waals surface area contributed by atoms with Gasteiger partial charge < -0.3 is 10.1 Å². The Morgan fingerprint density at radius 3 is 2.59 bits per heavy atom. The van der Waals surface area contributed by atoms with E-state index in [1.807, 2.05) is 32.2 Å². The van der Waals surface area contributed by atoms with E-state index in [2.05, 4.69) is 20.0 Å². The van der Waals surface area contributed by atoms with Gasteiger partial charge in [-0.3, -0.25) is 4.72 Å². The molecule has 27 heavy (non-hydrogen) atoms. The van der Waals surface area contributed by atoms with Gasteiger partial charge in [-0.05, 0) is 62.5 Å². The van der Waals surface area contributed by atoms with Crippen molar-refractivity contribution in [1.82, 2.24) is 14.7 Å². The topological polar surface area (TPSA) is 59.1 Å². The number of ether oxygens (including phenoxy) is 1. The van der Waals surface area contributed by atoms with Crippen LogP contribution in [0.5, 0.6) is 0 Å². The van der Waals surface area contributed by atoms with Crippen LogP contribution in [-0.2, 0) is 10.9 Å². The lowest BCUT2D eigenvalue weighted by molar-refractivity contribution is -0.139. The molecular formula is C18H21F3N4OS. The standard InChI is InChI=1S/C18H21F3N4OS/c1-11-9-13(27-22-2)3-4-15(11)24-17-23-10-14(18(19,20)21)16(25-17)12-5-7-26-8-6-12/h3-4,9-10,12,22H,5-8H2,1-2H3,(H,23,24,25). The van der Waals surface area contributed by atoms with Crippen LogP contribution in [0.1, 0.15) is 35.6 Å². The molecule has 1 aliphatic heterocycles. The van der Waals surface area contributed by atoms with E-state index in [1.54, 1.807) is 0 Å². The highest BCUT2D eigenvalue weighted by molar-refractivity contribution is 7.97. The Hall–Kier alpha value is -1.84. The minimum atomic E-state index is -4.48. The Morgan fingerprint density at radius 1 is 1.22 bits per heavy atom. The van der Waals surface area contributed by atoms with Crippen LogP contribution in [0.3, 0.4) is 0 Å². The molecule has 1 aromatic heterocycles. The third-order valence-corrected chi connectivity index (χ3v) is 5.09. The lowest BCUT2D eigenvalue weighted by Gasteiger charge is -2.24. The fourth-order valence-corrected chi connectivity index (χ4v) is 3.64. The maximum absolute atomic E-state index is 13.4. The van der Waals surface area contributed by atoms with E-state index in [0.717, 1.165) is 22.3 Å². The Morgan fingerprint density at radius 2 is 1.96 bits per heavy atom. The van der Waals surface area contributed by atoms with E-state index in [1.165, 1.54) is 11.9 Å². The number of aryl methyl sites for hydroxylation is 1. The number of rotatable bonds is 5. The molecule has 5 nitrogen and oxygen atoms in total. The molecule has 0 amide bonds. The molecule has 3 rings (SSSR count). The third kappa shape index (κ3) is 4.91. The monoisotopic (exact) mass is 398 g/mol. The average molecular weight is 398 g/mol. The molecule has 2 aromatic rings. The minimum absolute atomic E-state index is 0.0447. The van der Waals surface area contributed by atoms with Crippen LogP contribution < -0.4 is 10.0 Å². The summed E-state index contributed by atoms with van der Waals surface area (Å²) in [5.74, 6) is -0.115. The van der Waals surface area contributed by atoms with E-state index in [0.29, 0.717) is 26.1 Å². The van der Waals surface area contributed by atoms with Crippen LogP contribution in [0.4, 0.5) is 24.8 Å². The van der Waals surface area contributed by atoms with Gasteiger partial charge in [0.25, 0.3) is 0 Å². The molecule has 0 spiro atoms. The highest BCUT2D eigenvalue weighted by atomic mass is 32.2. The molecule has 0 saturated carbocycles. The summed E-state index contributed by atoms with van der Waals surface area (Å²) in [5.41, 5.74) is 0.986. The molecule has 146 valence electrons. The molecule has 0 unspecified atom stereocenters. The van der Waals surface area contributed by atoms with Crippen LogP contribution in [-0.4, -0.2) is 30.2 Å². The first kappa shape index (κ1) is 19.9. The number of anilines is 2. The summed E-state index contributed by atoms with van der Waals surface area (Å²) in [6, 6.07) is 5.76. The molecule has 1 saturated heterocycles. The number of alkyl halides is 3. The minimum Gasteiger partial charge on any atom is -0.381 e. The molecule has 1 fully saturated rings. The maximum Gasteiger partial charge on any atom is 0.419 e. The first-order valence-electron chi connectivity index (χ1n) is 8.61. The molecule has 0 atom stereocenters. The largest absolute Gasteiger partial charge is 0.419 e. The number of nitrogens with zero attached hydrogens (tertiary/aromatic N) is 2. The van der Waals surface area contributed by atoms with E-state index in [-0.39, 0.29) is 17.6 Å². The first-order chi connectivity index (χ1) is 12.9. The van der Waals surface area contributed by atoms with Gasteiger partial charge in [0, 0.05) is 35.9 Å². The van der Waals surface area contributed by atoms with Gasteiger partial charge in [-0.2, -0.15) is 13.2 Å². The van der Waals surface area contributed by atoms with Gasteiger partial charge in [0.05, 0.1) is 11.3 Å². The second-order valence-corrected chi connectivity index (χ2v) is 7.37. The van der Waals surface area contributed by atoms with Gasteiger partial charge in [-0.25, -0.2) is 9.97 Å². The Kier molecular flexibility index (Phi) is 6.23. The van der Waals surface area contributed by atoms with Crippen LogP contribution in [0.2, 0.25) is 0 Å². The second-order valence-electron chi connectivity index (χ2n) is 6.28. The van der Waals surface area contributed by atoms with Crippen LogP contribution in [0.25, 0.3) is 0 Å². The smallest absolute Gasteiger partial charge is 0.381 e. The van der Waals surface area contributed by atoms with Crippen molar-refractivity contribution in [2.75, 3.05) is 25.6 Å². The number of nitrogens with one attached hydrogen (secondary N) is 2. The number of hydrogen-bond donors (Lipinski definition) is 2. The summed E-state index contributed by atoms with van der Waals surface area (Å²) in [7, 11) is 1.83. The lowest BCUT2D eigenvalue weighted by Crippen LogP contribution is -2.21. The second kappa shape index (κ2) is 8.45. The zero-order valence-electron chi connectivity index (χ0n) is 15.1. The Balaban J connectivity index is 1.90. The Bertz CT molecular complexity index is 795. The van der Waals surface area contributed by atoms with Crippen molar-refractivity contribution >= 4 is 23.6 Å². The molecule has 0 aliphatic carbocycles. The quantitative estimate of drug-likeness (QED) is 0.714. The van der Waals surface area contributed by atoms with Crippen LogP contribution >= 0.6 is 11.9 Å². The van der Waals surface area contributed by atoms with E-state index in [4.69, 9.17) is 4.74 Å². The lowest BCUT2D eigenvalue weighted by atomic mass is 9.93. The highest BCUT2D eigenvalue weighted by Crippen LogP contribution is 2.37. The fraction of sp³-hybridized carbons (Fsp3) is 0.444. The van der Waals surface area contributed by atoms with Crippen LogP contribution in [0.15, 0.2) is 29.3 Å². The van der Waals surface area contributed by atoms with Crippen molar-refractivity contribution in [2.45, 2.75) is 36.8 Å². The number of halogens is 3. The summed E-state index contributed by atoms with van der Waals surface area (Å²) in [6.07, 6.45) is -2.56.